The highest BCUT2D eigenvalue weighted by Gasteiger charge is 2.03. The molecule has 0 aromatic carbocycles. The fourth-order valence-corrected chi connectivity index (χ4v) is 2.34. The van der Waals surface area contributed by atoms with Gasteiger partial charge in [-0.1, -0.05) is 11.8 Å². The zero-order valence-electron chi connectivity index (χ0n) is 9.38. The van der Waals surface area contributed by atoms with E-state index in [0.717, 1.165) is 9.75 Å². The summed E-state index contributed by atoms with van der Waals surface area (Å²) < 4.78 is 3.19. The van der Waals surface area contributed by atoms with Crippen LogP contribution in [0.1, 0.15) is 9.75 Å². The average molecular weight is 248 g/mol. The van der Waals surface area contributed by atoms with Gasteiger partial charge in [-0.25, -0.2) is 4.79 Å². The van der Waals surface area contributed by atoms with Crippen LogP contribution in [0.5, 0.6) is 0 Å². The Kier molecular flexibility index (Phi) is 3.47. The maximum Gasteiger partial charge on any atom is 0.328 e. The molecule has 2 aromatic heterocycles. The molecule has 0 atom stereocenters. The van der Waals surface area contributed by atoms with Crippen molar-refractivity contribution < 1.29 is 5.11 Å². The standard InChI is InChI=1S/C12H12N2O2S/c1-13-6-7-14(12(13)16)9-11-5-4-10(17-11)3-2-8-15/h4-7,15H,8-9H2,1H3. The van der Waals surface area contributed by atoms with Gasteiger partial charge in [0.1, 0.15) is 6.61 Å². The molecule has 0 bridgehead atoms. The van der Waals surface area contributed by atoms with Crippen LogP contribution in [0.2, 0.25) is 0 Å². The number of hydrogen-bond donors (Lipinski definition) is 1. The van der Waals surface area contributed by atoms with Crippen LogP contribution < -0.4 is 5.69 Å². The second-order valence-corrected chi connectivity index (χ2v) is 4.71. The lowest BCUT2D eigenvalue weighted by Crippen LogP contribution is -2.21. The minimum absolute atomic E-state index is 0.0265. The van der Waals surface area contributed by atoms with Crippen molar-refractivity contribution in [3.8, 4) is 11.8 Å². The molecule has 0 spiro atoms. The van der Waals surface area contributed by atoms with Gasteiger partial charge in [0.25, 0.3) is 0 Å². The van der Waals surface area contributed by atoms with Crippen LogP contribution >= 0.6 is 11.3 Å². The van der Waals surface area contributed by atoms with E-state index in [1.54, 1.807) is 28.6 Å². The van der Waals surface area contributed by atoms with E-state index in [1.807, 2.05) is 12.1 Å². The van der Waals surface area contributed by atoms with Crippen molar-refractivity contribution in [1.82, 2.24) is 9.13 Å². The molecule has 0 fully saturated rings. The normalized spacial score (nSPS) is 10.0. The average Bonchev–Trinajstić information content (AvgIpc) is 2.89. The van der Waals surface area contributed by atoms with E-state index >= 15 is 0 Å². The number of aromatic nitrogens is 2. The van der Waals surface area contributed by atoms with Gasteiger partial charge in [-0.05, 0) is 12.1 Å². The first kappa shape index (κ1) is 11.7. The van der Waals surface area contributed by atoms with Crippen LogP contribution in [-0.2, 0) is 13.6 Å². The molecule has 1 N–H and O–H groups in total. The van der Waals surface area contributed by atoms with Crippen molar-refractivity contribution in [3.63, 3.8) is 0 Å². The second kappa shape index (κ2) is 5.04. The predicted octanol–water partition coefficient (Wildman–Crippen LogP) is 0.640. The summed E-state index contributed by atoms with van der Waals surface area (Å²) in [7, 11) is 1.73. The van der Waals surface area contributed by atoms with Crippen LogP contribution in [0.25, 0.3) is 0 Å². The van der Waals surface area contributed by atoms with Gasteiger partial charge in [-0.2, -0.15) is 0 Å². The molecule has 2 rings (SSSR count). The van der Waals surface area contributed by atoms with Gasteiger partial charge in [0.2, 0.25) is 0 Å². The monoisotopic (exact) mass is 248 g/mol. The molecular formula is C12H12N2O2S. The lowest BCUT2D eigenvalue weighted by molar-refractivity contribution is 0.350. The quantitative estimate of drug-likeness (QED) is 0.793. The Labute approximate surface area is 103 Å². The van der Waals surface area contributed by atoms with Crippen molar-refractivity contribution in [2.45, 2.75) is 6.54 Å². The molecule has 2 aromatic rings. The molecule has 4 nitrogen and oxygen atoms in total. The number of aliphatic hydroxyl groups excluding tert-OH is 1. The number of aryl methyl sites for hydroxylation is 1. The Morgan fingerprint density at radius 1 is 1.41 bits per heavy atom. The third kappa shape index (κ3) is 2.67. The van der Waals surface area contributed by atoms with Crippen LogP contribution in [0, 0.1) is 11.8 Å². The van der Waals surface area contributed by atoms with Gasteiger partial charge in [0, 0.05) is 24.3 Å². The molecule has 88 valence electrons. The third-order valence-electron chi connectivity index (χ3n) is 2.30. The van der Waals surface area contributed by atoms with Gasteiger partial charge in [-0.15, -0.1) is 11.3 Å². The molecule has 0 unspecified atom stereocenters. The number of hydrogen-bond acceptors (Lipinski definition) is 3. The van der Waals surface area contributed by atoms with Crippen molar-refractivity contribution in [2.24, 2.45) is 7.05 Å². The largest absolute Gasteiger partial charge is 0.384 e. The number of imidazole rings is 1. The molecular weight excluding hydrogens is 236 g/mol. The maximum atomic E-state index is 11.6. The topological polar surface area (TPSA) is 47.2 Å². The minimum atomic E-state index is -0.134. The zero-order valence-corrected chi connectivity index (χ0v) is 10.2. The lowest BCUT2D eigenvalue weighted by atomic mass is 10.4. The van der Waals surface area contributed by atoms with Gasteiger partial charge in [0.05, 0.1) is 11.4 Å². The molecule has 0 aliphatic heterocycles. The van der Waals surface area contributed by atoms with Crippen molar-refractivity contribution in [3.05, 3.63) is 44.8 Å². The van der Waals surface area contributed by atoms with E-state index in [2.05, 4.69) is 11.8 Å². The first-order chi connectivity index (χ1) is 8.20. The van der Waals surface area contributed by atoms with Crippen LogP contribution in [-0.4, -0.2) is 20.8 Å². The molecule has 2 heterocycles. The Bertz CT molecular complexity index is 625. The Morgan fingerprint density at radius 3 is 2.88 bits per heavy atom. The van der Waals surface area contributed by atoms with Gasteiger partial charge in [-0.3, -0.25) is 4.57 Å². The Morgan fingerprint density at radius 2 is 2.24 bits per heavy atom. The third-order valence-corrected chi connectivity index (χ3v) is 3.28. The summed E-state index contributed by atoms with van der Waals surface area (Å²) in [5.74, 6) is 5.45. The number of nitrogens with zero attached hydrogens (tertiary/aromatic N) is 2. The maximum absolute atomic E-state index is 11.6. The molecule has 5 heteroatoms. The summed E-state index contributed by atoms with van der Waals surface area (Å²) in [6.45, 7) is 0.427. The van der Waals surface area contributed by atoms with Gasteiger partial charge >= 0.3 is 5.69 Å². The lowest BCUT2D eigenvalue weighted by Gasteiger charge is -1.96. The molecule has 17 heavy (non-hydrogen) atoms. The minimum Gasteiger partial charge on any atom is -0.384 e. The van der Waals surface area contributed by atoms with Crippen LogP contribution in [0.15, 0.2) is 29.3 Å². The smallest absolute Gasteiger partial charge is 0.328 e. The fraction of sp³-hybridized carbons (Fsp3) is 0.250. The number of aliphatic hydroxyl groups is 1. The molecule has 0 amide bonds. The first-order valence-electron chi connectivity index (χ1n) is 5.11. The van der Waals surface area contributed by atoms with Crippen molar-refractivity contribution in [1.29, 1.82) is 0 Å². The first-order valence-corrected chi connectivity index (χ1v) is 5.92. The summed E-state index contributed by atoms with van der Waals surface area (Å²) in [5.41, 5.74) is -0.0265. The van der Waals surface area contributed by atoms with Gasteiger partial charge in [0.15, 0.2) is 0 Å². The van der Waals surface area contributed by atoms with E-state index in [0.29, 0.717) is 6.54 Å². The summed E-state index contributed by atoms with van der Waals surface area (Å²) in [6, 6.07) is 3.85. The summed E-state index contributed by atoms with van der Waals surface area (Å²) in [5, 5.41) is 8.59. The van der Waals surface area contributed by atoms with Crippen molar-refractivity contribution in [2.75, 3.05) is 6.61 Å². The number of rotatable bonds is 2. The fourth-order valence-electron chi connectivity index (χ4n) is 1.46. The highest BCUT2D eigenvalue weighted by molar-refractivity contribution is 7.12. The van der Waals surface area contributed by atoms with Gasteiger partial charge < -0.3 is 9.67 Å². The Hall–Kier alpha value is -1.77. The zero-order chi connectivity index (χ0) is 12.3. The second-order valence-electron chi connectivity index (χ2n) is 3.55. The van der Waals surface area contributed by atoms with Crippen LogP contribution in [0.4, 0.5) is 0 Å². The Balaban J connectivity index is 2.17. The summed E-state index contributed by atoms with van der Waals surface area (Å²) >= 11 is 1.53. The SMILES string of the molecule is Cn1ccn(Cc2ccc(C#CCO)s2)c1=O. The molecule has 0 saturated heterocycles. The summed E-state index contributed by atoms with van der Waals surface area (Å²) in [6.07, 6.45) is 3.50. The molecule has 0 radical (unpaired) electrons. The molecule has 0 aliphatic rings. The molecule has 0 saturated carbocycles. The van der Waals surface area contributed by atoms with E-state index in [9.17, 15) is 4.79 Å². The summed E-state index contributed by atoms with van der Waals surface area (Å²) in [4.78, 5) is 13.6. The van der Waals surface area contributed by atoms with Crippen molar-refractivity contribution >= 4 is 11.3 Å². The predicted molar refractivity (Wildman–Crippen MR) is 67.1 cm³/mol. The highest BCUT2D eigenvalue weighted by Crippen LogP contribution is 2.15. The van der Waals surface area contributed by atoms with E-state index < -0.39 is 0 Å². The van der Waals surface area contributed by atoms with E-state index in [1.165, 1.54) is 11.3 Å². The number of thiophene rings is 1. The molecule has 0 aliphatic carbocycles. The van der Waals surface area contributed by atoms with E-state index in [4.69, 9.17) is 5.11 Å². The highest BCUT2D eigenvalue weighted by atomic mass is 32.1. The van der Waals surface area contributed by atoms with E-state index in [-0.39, 0.29) is 12.3 Å². The van der Waals surface area contributed by atoms with Crippen LogP contribution in [0.3, 0.4) is 0 Å².